The van der Waals surface area contributed by atoms with Crippen LogP contribution in [0.1, 0.15) is 11.1 Å². The van der Waals surface area contributed by atoms with E-state index in [2.05, 4.69) is 5.32 Å². The number of esters is 1. The molecule has 0 aliphatic carbocycles. The molecule has 0 radical (unpaired) electrons. The highest BCUT2D eigenvalue weighted by molar-refractivity contribution is 6.61. The van der Waals surface area contributed by atoms with Gasteiger partial charge in [0.15, 0.2) is 11.6 Å². The number of carbonyl (C=O) groups is 2. The van der Waals surface area contributed by atoms with Gasteiger partial charge in [-0.3, -0.25) is 4.79 Å². The second-order valence-corrected chi connectivity index (χ2v) is 6.32. The van der Waals surface area contributed by atoms with Gasteiger partial charge in [0.1, 0.15) is 6.04 Å². The van der Waals surface area contributed by atoms with Crippen LogP contribution in [-0.4, -0.2) is 46.4 Å². The molecule has 0 bridgehead atoms. The molecule has 2 aromatic rings. The Bertz CT molecular complexity index is 843. The molecule has 1 atom stereocenters. The van der Waals surface area contributed by atoms with Crippen molar-refractivity contribution < 1.29 is 32.4 Å². The zero-order valence-electron chi connectivity index (χ0n) is 16.4. The summed E-state index contributed by atoms with van der Waals surface area (Å²) >= 11 is 0. The molecule has 2 rings (SSSR count). The van der Waals surface area contributed by atoms with Crippen molar-refractivity contribution >= 4 is 24.5 Å². The van der Waals surface area contributed by atoms with Crippen molar-refractivity contribution in [2.45, 2.75) is 18.9 Å². The minimum atomic E-state index is -1.04. The van der Waals surface area contributed by atoms with E-state index in [0.29, 0.717) is 5.56 Å². The fourth-order valence-electron chi connectivity index (χ4n) is 2.83. The SMILES string of the molecule is COB(OC)c1ccc(C[C@H](NC(=O)Cc2ccc(F)c(F)c2)C(=O)OC)cc1. The van der Waals surface area contributed by atoms with Crippen LogP contribution in [0.4, 0.5) is 8.78 Å². The Morgan fingerprint density at radius 1 is 0.966 bits per heavy atom. The molecule has 0 saturated carbocycles. The summed E-state index contributed by atoms with van der Waals surface area (Å²) in [6.07, 6.45) is -0.00586. The maximum Gasteiger partial charge on any atom is 0.493 e. The highest BCUT2D eigenvalue weighted by Gasteiger charge is 2.23. The standard InChI is InChI=1S/C20H22BF2NO5/c1-27-20(26)18(11-13-4-7-15(8-5-13)21(28-2)29-3)24-19(25)12-14-6-9-16(22)17(23)10-14/h4-10,18H,11-12H2,1-3H3,(H,24,25)/t18-/m0/s1. The first-order valence-electron chi connectivity index (χ1n) is 8.83. The molecule has 2 aromatic carbocycles. The first kappa shape index (κ1) is 22.5. The third-order valence-electron chi connectivity index (χ3n) is 4.29. The van der Waals surface area contributed by atoms with Crippen LogP contribution in [-0.2, 0) is 36.5 Å². The predicted molar refractivity (Wildman–Crippen MR) is 104 cm³/mol. The molecule has 154 valence electrons. The van der Waals surface area contributed by atoms with E-state index in [-0.39, 0.29) is 12.8 Å². The molecule has 0 heterocycles. The Hall–Kier alpha value is -2.78. The number of nitrogens with one attached hydrogen (secondary N) is 1. The predicted octanol–water partition coefficient (Wildman–Crippen LogP) is 1.40. The van der Waals surface area contributed by atoms with Crippen LogP contribution in [0.25, 0.3) is 0 Å². The van der Waals surface area contributed by atoms with Gasteiger partial charge < -0.3 is 19.4 Å². The van der Waals surface area contributed by atoms with Crippen LogP contribution >= 0.6 is 0 Å². The van der Waals surface area contributed by atoms with Crippen molar-refractivity contribution in [3.8, 4) is 0 Å². The number of benzene rings is 2. The zero-order valence-corrected chi connectivity index (χ0v) is 16.4. The molecule has 9 heteroatoms. The molecule has 1 amide bonds. The van der Waals surface area contributed by atoms with Crippen LogP contribution in [0.15, 0.2) is 42.5 Å². The van der Waals surface area contributed by atoms with Crippen LogP contribution in [0, 0.1) is 11.6 Å². The molecule has 0 aromatic heterocycles. The van der Waals surface area contributed by atoms with E-state index in [1.54, 1.807) is 24.3 Å². The normalized spacial score (nSPS) is 11.6. The fourth-order valence-corrected chi connectivity index (χ4v) is 2.83. The van der Waals surface area contributed by atoms with Gasteiger partial charge >= 0.3 is 13.1 Å². The van der Waals surface area contributed by atoms with Crippen LogP contribution in [0.2, 0.25) is 0 Å². The first-order valence-corrected chi connectivity index (χ1v) is 8.83. The molecule has 6 nitrogen and oxygen atoms in total. The molecular weight excluding hydrogens is 383 g/mol. The van der Waals surface area contributed by atoms with Crippen LogP contribution in [0.5, 0.6) is 0 Å². The van der Waals surface area contributed by atoms with E-state index in [9.17, 15) is 18.4 Å². The summed E-state index contributed by atoms with van der Waals surface area (Å²) in [4.78, 5) is 24.4. The summed E-state index contributed by atoms with van der Waals surface area (Å²) in [6.45, 7) is 0. The van der Waals surface area contributed by atoms with E-state index < -0.39 is 36.7 Å². The molecule has 0 aliphatic rings. The lowest BCUT2D eigenvalue weighted by Crippen LogP contribution is -2.43. The lowest BCUT2D eigenvalue weighted by atomic mass is 9.78. The number of halogens is 2. The van der Waals surface area contributed by atoms with Crippen LogP contribution in [0.3, 0.4) is 0 Å². The van der Waals surface area contributed by atoms with Gasteiger partial charge in [0, 0.05) is 20.6 Å². The van der Waals surface area contributed by atoms with E-state index >= 15 is 0 Å². The summed E-state index contributed by atoms with van der Waals surface area (Å²) in [5.41, 5.74) is 1.87. The van der Waals surface area contributed by atoms with E-state index in [1.165, 1.54) is 27.4 Å². The highest BCUT2D eigenvalue weighted by atomic mass is 19.2. The molecule has 1 N–H and O–H groups in total. The van der Waals surface area contributed by atoms with Gasteiger partial charge in [0.2, 0.25) is 5.91 Å². The lowest BCUT2D eigenvalue weighted by molar-refractivity contribution is -0.145. The summed E-state index contributed by atoms with van der Waals surface area (Å²) in [5.74, 6) is -3.15. The summed E-state index contributed by atoms with van der Waals surface area (Å²) in [7, 11) is 3.77. The molecule has 0 fully saturated rings. The van der Waals surface area contributed by atoms with E-state index in [4.69, 9.17) is 14.0 Å². The maximum absolute atomic E-state index is 13.3. The Labute approximate surface area is 168 Å². The summed E-state index contributed by atoms with van der Waals surface area (Å²) in [5, 5.41) is 2.58. The van der Waals surface area contributed by atoms with Gasteiger partial charge in [-0.1, -0.05) is 30.3 Å². The third-order valence-corrected chi connectivity index (χ3v) is 4.29. The molecule has 0 unspecified atom stereocenters. The van der Waals surface area contributed by atoms with Crippen molar-refractivity contribution in [3.63, 3.8) is 0 Å². The Balaban J connectivity index is 2.06. The van der Waals surface area contributed by atoms with Crippen molar-refractivity contribution in [2.75, 3.05) is 21.3 Å². The van der Waals surface area contributed by atoms with Crippen molar-refractivity contribution in [2.24, 2.45) is 0 Å². The fraction of sp³-hybridized carbons (Fsp3) is 0.300. The summed E-state index contributed by atoms with van der Waals surface area (Å²) < 4.78 is 41.4. The molecule has 0 spiro atoms. The molecule has 29 heavy (non-hydrogen) atoms. The Kier molecular flexibility index (Phi) is 8.29. The number of hydrogen-bond acceptors (Lipinski definition) is 5. The van der Waals surface area contributed by atoms with Crippen molar-refractivity contribution in [1.82, 2.24) is 5.32 Å². The highest BCUT2D eigenvalue weighted by Crippen LogP contribution is 2.10. The molecule has 0 saturated heterocycles. The quantitative estimate of drug-likeness (QED) is 0.505. The molecular formula is C20H22BF2NO5. The minimum Gasteiger partial charge on any atom is -0.467 e. The number of ether oxygens (including phenoxy) is 1. The minimum absolute atomic E-state index is 0.196. The topological polar surface area (TPSA) is 73.9 Å². The number of hydrogen-bond donors (Lipinski definition) is 1. The van der Waals surface area contributed by atoms with Gasteiger partial charge in [0.25, 0.3) is 0 Å². The number of rotatable bonds is 9. The average Bonchev–Trinajstić information content (AvgIpc) is 2.71. The third kappa shape index (κ3) is 6.37. The van der Waals surface area contributed by atoms with Gasteiger partial charge in [-0.15, -0.1) is 0 Å². The van der Waals surface area contributed by atoms with Gasteiger partial charge in [0.05, 0.1) is 13.5 Å². The monoisotopic (exact) mass is 405 g/mol. The zero-order chi connectivity index (χ0) is 21.4. The van der Waals surface area contributed by atoms with Gasteiger partial charge in [-0.25, -0.2) is 13.6 Å². The Morgan fingerprint density at radius 2 is 1.59 bits per heavy atom. The summed E-state index contributed by atoms with van der Waals surface area (Å²) in [6, 6.07) is 9.45. The van der Waals surface area contributed by atoms with E-state index in [0.717, 1.165) is 23.2 Å². The molecule has 0 aliphatic heterocycles. The second-order valence-electron chi connectivity index (χ2n) is 6.32. The largest absolute Gasteiger partial charge is 0.493 e. The number of carbonyl (C=O) groups excluding carboxylic acids is 2. The average molecular weight is 405 g/mol. The van der Waals surface area contributed by atoms with Crippen molar-refractivity contribution in [3.05, 3.63) is 65.2 Å². The van der Waals surface area contributed by atoms with Gasteiger partial charge in [-0.2, -0.15) is 0 Å². The smallest absolute Gasteiger partial charge is 0.467 e. The number of amides is 1. The van der Waals surface area contributed by atoms with E-state index in [1.807, 2.05) is 0 Å². The first-order chi connectivity index (χ1) is 13.9. The Morgan fingerprint density at radius 3 is 2.14 bits per heavy atom. The lowest BCUT2D eigenvalue weighted by Gasteiger charge is -2.17. The van der Waals surface area contributed by atoms with Gasteiger partial charge in [-0.05, 0) is 28.7 Å². The second kappa shape index (κ2) is 10.7. The van der Waals surface area contributed by atoms with Crippen LogP contribution < -0.4 is 10.8 Å². The number of methoxy groups -OCH3 is 1. The van der Waals surface area contributed by atoms with Crippen molar-refractivity contribution in [1.29, 1.82) is 0 Å². The maximum atomic E-state index is 13.3.